The van der Waals surface area contributed by atoms with E-state index in [4.69, 9.17) is 0 Å². The van der Waals surface area contributed by atoms with Crippen molar-refractivity contribution in [3.05, 3.63) is 144 Å². The van der Waals surface area contributed by atoms with Crippen molar-refractivity contribution in [2.24, 2.45) is 10.2 Å². The Balaban J connectivity index is 1.57. The molecule has 2 N–H and O–H groups in total. The third-order valence-electron chi connectivity index (χ3n) is 4.73. The van der Waals surface area contributed by atoms with Crippen LogP contribution in [-0.2, 0) is 0 Å². The molecule has 4 rings (SSSR count). The summed E-state index contributed by atoms with van der Waals surface area (Å²) >= 11 is 0. The summed E-state index contributed by atoms with van der Waals surface area (Å²) < 4.78 is 0. The molecule has 0 aromatic heterocycles. The molecular weight excluding hydrogens is 396 g/mol. The lowest BCUT2D eigenvalue weighted by Crippen LogP contribution is -2.30. The Labute approximate surface area is 187 Å². The third kappa shape index (κ3) is 5.34. The van der Waals surface area contributed by atoms with Crippen LogP contribution in [0.25, 0.3) is 0 Å². The molecule has 0 saturated heterocycles. The molecule has 4 aromatic carbocycles. The van der Waals surface area contributed by atoms with Gasteiger partial charge in [0.05, 0.1) is 11.4 Å². The summed E-state index contributed by atoms with van der Waals surface area (Å²) in [6.07, 6.45) is 0. The molecule has 0 aliphatic carbocycles. The molecule has 0 radical (unpaired) electrons. The van der Waals surface area contributed by atoms with Crippen LogP contribution >= 0.6 is 0 Å². The van der Waals surface area contributed by atoms with Crippen molar-refractivity contribution in [2.75, 3.05) is 0 Å². The van der Waals surface area contributed by atoms with E-state index in [9.17, 15) is 4.79 Å². The van der Waals surface area contributed by atoms with Gasteiger partial charge >= 0.3 is 6.03 Å². The number of nitrogens with zero attached hydrogens (tertiary/aromatic N) is 2. The van der Waals surface area contributed by atoms with Gasteiger partial charge in [-0.3, -0.25) is 0 Å². The second-order valence-corrected chi connectivity index (χ2v) is 6.94. The molecule has 156 valence electrons. The van der Waals surface area contributed by atoms with E-state index in [2.05, 4.69) is 21.1 Å². The fourth-order valence-corrected chi connectivity index (χ4v) is 3.21. The van der Waals surface area contributed by atoms with Gasteiger partial charge in [-0.2, -0.15) is 10.2 Å². The molecule has 0 spiro atoms. The average molecular weight is 419 g/mol. The highest BCUT2D eigenvalue weighted by molar-refractivity contribution is 6.14. The van der Waals surface area contributed by atoms with E-state index in [0.717, 1.165) is 22.3 Å². The van der Waals surface area contributed by atoms with Crippen LogP contribution in [0, 0.1) is 0 Å². The van der Waals surface area contributed by atoms with Crippen LogP contribution in [0.5, 0.6) is 0 Å². The molecule has 4 aromatic rings. The highest BCUT2D eigenvalue weighted by Gasteiger charge is 2.09. The smallest absolute Gasteiger partial charge is 0.245 e. The Kier molecular flexibility index (Phi) is 6.81. The zero-order chi connectivity index (χ0) is 22.0. The molecule has 0 aliphatic heterocycles. The maximum Gasteiger partial charge on any atom is 0.355 e. The maximum absolute atomic E-state index is 12.5. The molecule has 0 unspecified atom stereocenters. The molecule has 0 aliphatic rings. The van der Waals surface area contributed by atoms with Crippen molar-refractivity contribution >= 4 is 17.5 Å². The van der Waals surface area contributed by atoms with Crippen LogP contribution in [0.15, 0.2) is 132 Å². The molecule has 2 amide bonds. The van der Waals surface area contributed by atoms with Crippen molar-refractivity contribution < 1.29 is 4.79 Å². The zero-order valence-electron chi connectivity index (χ0n) is 17.3. The van der Waals surface area contributed by atoms with Crippen LogP contribution in [0.3, 0.4) is 0 Å². The van der Waals surface area contributed by atoms with Gasteiger partial charge in [0.2, 0.25) is 0 Å². The fourth-order valence-electron chi connectivity index (χ4n) is 3.21. The van der Waals surface area contributed by atoms with Gasteiger partial charge in [0.25, 0.3) is 0 Å². The second-order valence-electron chi connectivity index (χ2n) is 6.94. The molecular formula is C27H22N4O. The third-order valence-corrected chi connectivity index (χ3v) is 4.73. The zero-order valence-corrected chi connectivity index (χ0v) is 17.3. The van der Waals surface area contributed by atoms with Crippen LogP contribution in [-0.4, -0.2) is 17.5 Å². The van der Waals surface area contributed by atoms with Gasteiger partial charge in [-0.25, -0.2) is 15.6 Å². The monoisotopic (exact) mass is 418 g/mol. The van der Waals surface area contributed by atoms with E-state index >= 15 is 0 Å². The summed E-state index contributed by atoms with van der Waals surface area (Å²) in [6.45, 7) is 0. The largest absolute Gasteiger partial charge is 0.355 e. The number of hydrogen-bond acceptors (Lipinski definition) is 3. The van der Waals surface area contributed by atoms with Crippen molar-refractivity contribution in [3.8, 4) is 0 Å². The molecule has 0 fully saturated rings. The summed E-state index contributed by atoms with van der Waals surface area (Å²) in [7, 11) is 0. The minimum Gasteiger partial charge on any atom is -0.245 e. The first-order valence-corrected chi connectivity index (χ1v) is 10.2. The number of hydrazone groups is 2. The van der Waals surface area contributed by atoms with Gasteiger partial charge in [-0.05, 0) is 0 Å². The number of urea groups is 1. The molecule has 5 heteroatoms. The number of carbonyl (C=O) groups excluding carboxylic acids is 1. The van der Waals surface area contributed by atoms with Gasteiger partial charge in [-0.1, -0.05) is 121 Å². The predicted octanol–water partition coefficient (Wildman–Crippen LogP) is 5.19. The van der Waals surface area contributed by atoms with Crippen LogP contribution < -0.4 is 10.9 Å². The van der Waals surface area contributed by atoms with Crippen molar-refractivity contribution in [1.82, 2.24) is 10.9 Å². The first-order valence-electron chi connectivity index (χ1n) is 10.2. The standard InChI is InChI=1S/C27H22N4O/c32-27(30-28-25(21-13-5-1-6-14-21)22-15-7-2-8-16-22)31-29-26(23-17-9-3-10-18-23)24-19-11-4-12-20-24/h1-20H,(H2,30,31,32). The molecule has 5 nitrogen and oxygen atoms in total. The number of benzene rings is 4. The Morgan fingerprint density at radius 1 is 0.438 bits per heavy atom. The number of hydrogen-bond donors (Lipinski definition) is 2. The normalized spacial score (nSPS) is 10.0. The molecule has 0 saturated carbocycles. The van der Waals surface area contributed by atoms with Crippen LogP contribution in [0.4, 0.5) is 4.79 Å². The summed E-state index contributed by atoms with van der Waals surface area (Å²) in [6, 6.07) is 38.3. The van der Waals surface area contributed by atoms with E-state index < -0.39 is 6.03 Å². The summed E-state index contributed by atoms with van der Waals surface area (Å²) in [5.41, 5.74) is 10.1. The van der Waals surface area contributed by atoms with Gasteiger partial charge in [-0.15, -0.1) is 0 Å². The van der Waals surface area contributed by atoms with Gasteiger partial charge < -0.3 is 0 Å². The Bertz CT molecular complexity index is 1030. The molecule has 0 heterocycles. The van der Waals surface area contributed by atoms with E-state index in [1.165, 1.54) is 0 Å². The lowest BCUT2D eigenvalue weighted by molar-refractivity contribution is 0.242. The van der Waals surface area contributed by atoms with E-state index in [0.29, 0.717) is 11.4 Å². The number of carbonyl (C=O) groups is 1. The summed E-state index contributed by atoms with van der Waals surface area (Å²) in [5, 5.41) is 8.75. The van der Waals surface area contributed by atoms with Gasteiger partial charge in [0.15, 0.2) is 0 Å². The van der Waals surface area contributed by atoms with Crippen molar-refractivity contribution in [3.63, 3.8) is 0 Å². The van der Waals surface area contributed by atoms with Crippen LogP contribution in [0.1, 0.15) is 22.3 Å². The topological polar surface area (TPSA) is 65.8 Å². The molecule has 0 atom stereocenters. The van der Waals surface area contributed by atoms with E-state index in [1.807, 2.05) is 121 Å². The lowest BCUT2D eigenvalue weighted by atomic mass is 10.0. The maximum atomic E-state index is 12.5. The molecule has 0 bridgehead atoms. The van der Waals surface area contributed by atoms with Crippen LogP contribution in [0.2, 0.25) is 0 Å². The Morgan fingerprint density at radius 3 is 0.938 bits per heavy atom. The number of nitrogens with one attached hydrogen (secondary N) is 2. The minimum atomic E-state index is -0.529. The highest BCUT2D eigenvalue weighted by Crippen LogP contribution is 2.11. The highest BCUT2D eigenvalue weighted by atomic mass is 16.2. The predicted molar refractivity (Wildman–Crippen MR) is 129 cm³/mol. The van der Waals surface area contributed by atoms with Crippen molar-refractivity contribution in [1.29, 1.82) is 0 Å². The number of rotatable bonds is 6. The second kappa shape index (κ2) is 10.5. The van der Waals surface area contributed by atoms with E-state index in [-0.39, 0.29) is 0 Å². The Hall–Kier alpha value is -4.51. The summed E-state index contributed by atoms with van der Waals surface area (Å²) in [4.78, 5) is 12.5. The number of amides is 2. The molecule has 32 heavy (non-hydrogen) atoms. The van der Waals surface area contributed by atoms with Crippen molar-refractivity contribution in [2.45, 2.75) is 0 Å². The van der Waals surface area contributed by atoms with E-state index in [1.54, 1.807) is 0 Å². The SMILES string of the molecule is O=C(NN=C(c1ccccc1)c1ccccc1)NN=C(c1ccccc1)c1ccccc1. The lowest BCUT2D eigenvalue weighted by Gasteiger charge is -2.09. The first kappa shape index (κ1) is 20.8. The quantitative estimate of drug-likeness (QED) is 0.328. The van der Waals surface area contributed by atoms with Gasteiger partial charge in [0, 0.05) is 22.3 Å². The van der Waals surface area contributed by atoms with Gasteiger partial charge in [0.1, 0.15) is 0 Å². The Morgan fingerprint density at radius 2 is 0.688 bits per heavy atom. The average Bonchev–Trinajstić information content (AvgIpc) is 2.87. The first-order chi connectivity index (χ1) is 15.8. The summed E-state index contributed by atoms with van der Waals surface area (Å²) in [5.74, 6) is 0. The fraction of sp³-hybridized carbons (Fsp3) is 0. The minimum absolute atomic E-state index is 0.529.